The predicted molar refractivity (Wildman–Crippen MR) is 47.9 cm³/mol. The van der Waals surface area contributed by atoms with Crippen LogP contribution in [0.25, 0.3) is 0 Å². The molecule has 0 aliphatic heterocycles. The van der Waals surface area contributed by atoms with E-state index < -0.39 is 5.60 Å². The Morgan fingerprint density at radius 3 is 2.58 bits per heavy atom. The maximum atomic E-state index is 10.2. The molecule has 12 heavy (non-hydrogen) atoms. The quantitative estimate of drug-likeness (QED) is 0.654. The van der Waals surface area contributed by atoms with Crippen molar-refractivity contribution in [2.45, 2.75) is 51.0 Å². The molecule has 0 aromatic carbocycles. The van der Waals surface area contributed by atoms with Gasteiger partial charge in [-0.1, -0.05) is 25.7 Å². The van der Waals surface area contributed by atoms with Gasteiger partial charge in [0, 0.05) is 6.42 Å². The summed E-state index contributed by atoms with van der Waals surface area (Å²) < 4.78 is 0. The lowest BCUT2D eigenvalue weighted by molar-refractivity contribution is -0.112. The molecule has 1 saturated carbocycles. The van der Waals surface area contributed by atoms with Gasteiger partial charge in [0.2, 0.25) is 0 Å². The van der Waals surface area contributed by atoms with Crippen molar-refractivity contribution in [3.63, 3.8) is 0 Å². The average Bonchev–Trinajstić information content (AvgIpc) is 2.38. The van der Waals surface area contributed by atoms with E-state index in [9.17, 15) is 9.90 Å². The van der Waals surface area contributed by atoms with Crippen molar-refractivity contribution in [2.24, 2.45) is 5.92 Å². The van der Waals surface area contributed by atoms with Crippen LogP contribution in [0.2, 0.25) is 0 Å². The van der Waals surface area contributed by atoms with Gasteiger partial charge in [0.05, 0.1) is 5.60 Å². The molecule has 1 aliphatic rings. The monoisotopic (exact) mass is 170 g/mol. The van der Waals surface area contributed by atoms with Gasteiger partial charge in [-0.05, 0) is 19.3 Å². The minimum Gasteiger partial charge on any atom is -0.390 e. The number of carbonyl (C=O) groups excluding carboxylic acids is 1. The molecular formula is C10H18O2. The Labute approximate surface area is 74.0 Å². The summed E-state index contributed by atoms with van der Waals surface area (Å²) in [4.78, 5) is 10.2. The average molecular weight is 170 g/mol. The lowest BCUT2D eigenvalue weighted by atomic mass is 9.89. The number of hydrogen-bond acceptors (Lipinski definition) is 2. The van der Waals surface area contributed by atoms with E-state index in [1.807, 2.05) is 0 Å². The van der Waals surface area contributed by atoms with Gasteiger partial charge in [0.1, 0.15) is 6.29 Å². The van der Waals surface area contributed by atoms with E-state index in [4.69, 9.17) is 0 Å². The molecule has 0 saturated heterocycles. The molecule has 1 rings (SSSR count). The molecule has 1 N–H and O–H groups in total. The van der Waals surface area contributed by atoms with Crippen LogP contribution in [0.15, 0.2) is 0 Å². The fourth-order valence-electron chi connectivity index (χ4n) is 2.10. The van der Waals surface area contributed by atoms with Crippen molar-refractivity contribution in [1.82, 2.24) is 0 Å². The fourth-order valence-corrected chi connectivity index (χ4v) is 2.10. The van der Waals surface area contributed by atoms with E-state index in [0.29, 0.717) is 5.92 Å². The first-order chi connectivity index (χ1) is 5.64. The Morgan fingerprint density at radius 1 is 1.50 bits per heavy atom. The van der Waals surface area contributed by atoms with Crippen LogP contribution in [0, 0.1) is 5.92 Å². The molecule has 0 aromatic heterocycles. The van der Waals surface area contributed by atoms with Gasteiger partial charge in [-0.2, -0.15) is 0 Å². The highest BCUT2D eigenvalue weighted by Gasteiger charge is 2.26. The van der Waals surface area contributed by atoms with Crippen molar-refractivity contribution in [3.05, 3.63) is 0 Å². The van der Waals surface area contributed by atoms with Crippen LogP contribution in [-0.2, 0) is 4.79 Å². The summed E-state index contributed by atoms with van der Waals surface area (Å²) in [7, 11) is 0. The smallest absolute Gasteiger partial charge is 0.122 e. The summed E-state index contributed by atoms with van der Waals surface area (Å²) in [5, 5.41) is 9.74. The van der Waals surface area contributed by atoms with Gasteiger partial charge in [-0.3, -0.25) is 0 Å². The maximum Gasteiger partial charge on any atom is 0.122 e. The molecule has 1 fully saturated rings. The van der Waals surface area contributed by atoms with E-state index >= 15 is 0 Å². The normalized spacial score (nSPS) is 23.8. The minimum atomic E-state index is -0.753. The second-order valence-electron chi connectivity index (χ2n) is 4.22. The molecule has 0 bridgehead atoms. The van der Waals surface area contributed by atoms with Crippen LogP contribution in [-0.4, -0.2) is 17.0 Å². The van der Waals surface area contributed by atoms with Gasteiger partial charge in [0.15, 0.2) is 0 Å². The van der Waals surface area contributed by atoms with Gasteiger partial charge >= 0.3 is 0 Å². The summed E-state index contributed by atoms with van der Waals surface area (Å²) >= 11 is 0. The molecule has 2 heteroatoms. The van der Waals surface area contributed by atoms with Crippen molar-refractivity contribution in [2.75, 3.05) is 0 Å². The van der Waals surface area contributed by atoms with Crippen LogP contribution in [0.5, 0.6) is 0 Å². The zero-order valence-electron chi connectivity index (χ0n) is 7.75. The first kappa shape index (κ1) is 9.72. The van der Waals surface area contributed by atoms with Crippen LogP contribution in [0.3, 0.4) is 0 Å². The van der Waals surface area contributed by atoms with E-state index in [1.54, 1.807) is 6.92 Å². The van der Waals surface area contributed by atoms with E-state index in [2.05, 4.69) is 0 Å². The highest BCUT2D eigenvalue weighted by atomic mass is 16.3. The summed E-state index contributed by atoms with van der Waals surface area (Å²) in [6.07, 6.45) is 6.94. The fraction of sp³-hybridized carbons (Fsp3) is 0.900. The topological polar surface area (TPSA) is 37.3 Å². The standard InChI is InChI=1S/C10H18O2/c1-10(12,6-7-11)8-9-4-2-3-5-9/h7,9,12H,2-6,8H2,1H3. The second-order valence-corrected chi connectivity index (χ2v) is 4.22. The third-order valence-corrected chi connectivity index (χ3v) is 2.73. The second kappa shape index (κ2) is 4.04. The maximum absolute atomic E-state index is 10.2. The molecule has 1 unspecified atom stereocenters. The third kappa shape index (κ3) is 2.94. The number of hydrogen-bond donors (Lipinski definition) is 1. The molecule has 70 valence electrons. The molecular weight excluding hydrogens is 152 g/mol. The zero-order chi connectivity index (χ0) is 9.03. The van der Waals surface area contributed by atoms with Crippen LogP contribution in [0.4, 0.5) is 0 Å². The van der Waals surface area contributed by atoms with Crippen LogP contribution in [0.1, 0.15) is 45.4 Å². The first-order valence-corrected chi connectivity index (χ1v) is 4.80. The number of rotatable bonds is 4. The lowest BCUT2D eigenvalue weighted by Crippen LogP contribution is -2.27. The summed E-state index contributed by atoms with van der Waals surface area (Å²) in [6.45, 7) is 1.76. The van der Waals surface area contributed by atoms with Gasteiger partial charge in [0.25, 0.3) is 0 Å². The van der Waals surface area contributed by atoms with Gasteiger partial charge in [-0.15, -0.1) is 0 Å². The molecule has 0 spiro atoms. The highest BCUT2D eigenvalue weighted by molar-refractivity contribution is 5.51. The Bertz CT molecular complexity index is 146. The zero-order valence-corrected chi connectivity index (χ0v) is 7.75. The number of aldehydes is 1. The highest BCUT2D eigenvalue weighted by Crippen LogP contribution is 2.32. The summed E-state index contributed by atoms with van der Waals surface area (Å²) in [6, 6.07) is 0. The number of aliphatic hydroxyl groups is 1. The lowest BCUT2D eigenvalue weighted by Gasteiger charge is -2.24. The minimum absolute atomic E-state index is 0.281. The Hall–Kier alpha value is -0.370. The molecule has 0 heterocycles. The SMILES string of the molecule is CC(O)(CC=O)CC1CCCC1. The largest absolute Gasteiger partial charge is 0.390 e. The van der Waals surface area contributed by atoms with Crippen LogP contribution < -0.4 is 0 Å². The Kier molecular flexibility index (Phi) is 3.27. The third-order valence-electron chi connectivity index (χ3n) is 2.73. The van der Waals surface area contributed by atoms with Gasteiger partial charge in [-0.25, -0.2) is 0 Å². The van der Waals surface area contributed by atoms with E-state index in [-0.39, 0.29) is 6.42 Å². The summed E-state index contributed by atoms with van der Waals surface area (Å²) in [5.74, 6) is 0.653. The van der Waals surface area contributed by atoms with Crippen LogP contribution >= 0.6 is 0 Å². The van der Waals surface area contributed by atoms with E-state index in [1.165, 1.54) is 25.7 Å². The van der Waals surface area contributed by atoms with Crippen molar-refractivity contribution in [1.29, 1.82) is 0 Å². The molecule has 0 radical (unpaired) electrons. The van der Waals surface area contributed by atoms with Crippen molar-refractivity contribution >= 4 is 6.29 Å². The van der Waals surface area contributed by atoms with Crippen molar-refractivity contribution in [3.8, 4) is 0 Å². The van der Waals surface area contributed by atoms with Crippen molar-refractivity contribution < 1.29 is 9.90 Å². The van der Waals surface area contributed by atoms with Gasteiger partial charge < -0.3 is 9.90 Å². The molecule has 1 atom stereocenters. The Morgan fingerprint density at radius 2 is 2.08 bits per heavy atom. The predicted octanol–water partition coefficient (Wildman–Crippen LogP) is 1.91. The van der Waals surface area contributed by atoms with E-state index in [0.717, 1.165) is 12.7 Å². The molecule has 1 aliphatic carbocycles. The Balaban J connectivity index is 2.31. The number of carbonyl (C=O) groups is 1. The first-order valence-electron chi connectivity index (χ1n) is 4.80. The molecule has 0 aromatic rings. The molecule has 0 amide bonds. The summed E-state index contributed by atoms with van der Waals surface area (Å²) in [5.41, 5.74) is -0.753. The molecule has 2 nitrogen and oxygen atoms in total.